The Morgan fingerprint density at radius 3 is 0.952 bits per heavy atom. The molecule has 0 heterocycles. The van der Waals surface area contributed by atoms with E-state index in [1.54, 1.807) is 0 Å². The van der Waals surface area contributed by atoms with Gasteiger partial charge in [0.05, 0.1) is 0 Å². The van der Waals surface area contributed by atoms with Crippen molar-refractivity contribution in [1.29, 1.82) is 0 Å². The molecule has 0 saturated heterocycles. The van der Waals surface area contributed by atoms with Gasteiger partial charge in [-0.05, 0) is 38.5 Å². The minimum atomic E-state index is -0.780. The van der Waals surface area contributed by atoms with Crippen molar-refractivity contribution in [2.24, 2.45) is 0 Å². The molecule has 0 aliphatic heterocycles. The molecule has 364 valence electrons. The van der Waals surface area contributed by atoms with Gasteiger partial charge in [0.1, 0.15) is 13.2 Å². The molecule has 0 spiro atoms. The summed E-state index contributed by atoms with van der Waals surface area (Å²) in [4.78, 5) is 37.9. The fraction of sp³-hybridized carbons (Fsp3) is 0.772. The summed E-state index contributed by atoms with van der Waals surface area (Å²) in [7, 11) is 0. The summed E-state index contributed by atoms with van der Waals surface area (Å²) < 4.78 is 16.8. The van der Waals surface area contributed by atoms with E-state index >= 15 is 0 Å². The number of unbranched alkanes of at least 4 members (excludes halogenated alkanes) is 31. The van der Waals surface area contributed by atoms with Gasteiger partial charge in [0.25, 0.3) is 0 Å². The average molecular weight is 881 g/mol. The third kappa shape index (κ3) is 50.0. The number of carbonyl (C=O) groups excluding carboxylic acids is 3. The van der Waals surface area contributed by atoms with Gasteiger partial charge in [-0.25, -0.2) is 0 Å². The zero-order valence-electron chi connectivity index (χ0n) is 41.6. The Balaban J connectivity index is 4.34. The fourth-order valence-corrected chi connectivity index (χ4v) is 7.59. The molecule has 0 N–H and O–H groups in total. The van der Waals surface area contributed by atoms with Gasteiger partial charge in [0.2, 0.25) is 0 Å². The Morgan fingerprint density at radius 1 is 0.317 bits per heavy atom. The SMILES string of the molecule is CCC\C=C/C=C\C=C/C=C\C=C/CCCCCCCC(=O)OCC(COC(=O)CCCCCCCCCCC)OC(=O)CCCCCCCCCCCCCCCCCCCC. The molecule has 1 atom stereocenters. The minimum absolute atomic E-state index is 0.0797. The van der Waals surface area contributed by atoms with Crippen LogP contribution in [0, 0.1) is 0 Å². The standard InChI is InChI=1S/C57H100O6/c1-4-7-10-13-16-19-21-23-25-27-29-31-33-35-38-41-44-47-50-56(59)62-53-54(52-61-55(58)49-46-43-40-37-18-15-12-9-6-3)63-57(60)51-48-45-42-39-36-34-32-30-28-26-24-22-20-17-14-11-8-5-2/h10,13,16,19,21,23,25,27,29,31,54H,4-9,11-12,14-15,17-18,20,22,24,26,28,30,32-53H2,1-3H3/b13-10-,19-16-,23-21-,27-25-,31-29-. The van der Waals surface area contributed by atoms with E-state index in [-0.39, 0.29) is 31.1 Å². The van der Waals surface area contributed by atoms with Crippen LogP contribution in [0.1, 0.15) is 265 Å². The van der Waals surface area contributed by atoms with E-state index in [1.165, 1.54) is 141 Å². The highest BCUT2D eigenvalue weighted by Crippen LogP contribution is 2.16. The van der Waals surface area contributed by atoms with Crippen LogP contribution in [0.3, 0.4) is 0 Å². The van der Waals surface area contributed by atoms with Crippen molar-refractivity contribution < 1.29 is 28.6 Å². The van der Waals surface area contributed by atoms with Crippen molar-refractivity contribution in [3.63, 3.8) is 0 Å². The summed E-state index contributed by atoms with van der Waals surface area (Å²) >= 11 is 0. The van der Waals surface area contributed by atoms with Crippen molar-refractivity contribution >= 4 is 17.9 Å². The van der Waals surface area contributed by atoms with Crippen LogP contribution >= 0.6 is 0 Å². The van der Waals surface area contributed by atoms with Gasteiger partial charge in [0, 0.05) is 19.3 Å². The second-order valence-electron chi connectivity index (χ2n) is 17.9. The molecule has 1 unspecified atom stereocenters. The van der Waals surface area contributed by atoms with Gasteiger partial charge in [-0.15, -0.1) is 0 Å². The summed E-state index contributed by atoms with van der Waals surface area (Å²) in [5.74, 6) is -0.899. The maximum Gasteiger partial charge on any atom is 0.306 e. The maximum atomic E-state index is 12.8. The first-order valence-electron chi connectivity index (χ1n) is 26.9. The second-order valence-corrected chi connectivity index (χ2v) is 17.9. The van der Waals surface area contributed by atoms with E-state index in [1.807, 2.05) is 24.3 Å². The predicted molar refractivity (Wildman–Crippen MR) is 270 cm³/mol. The second kappa shape index (κ2) is 51.7. The maximum absolute atomic E-state index is 12.8. The van der Waals surface area contributed by atoms with Crippen molar-refractivity contribution in [3.05, 3.63) is 60.8 Å². The average Bonchev–Trinajstić information content (AvgIpc) is 3.28. The van der Waals surface area contributed by atoms with Gasteiger partial charge >= 0.3 is 17.9 Å². The van der Waals surface area contributed by atoms with Crippen LogP contribution in [-0.4, -0.2) is 37.2 Å². The molecule has 0 aromatic carbocycles. The van der Waals surface area contributed by atoms with Crippen LogP contribution in [0.4, 0.5) is 0 Å². The largest absolute Gasteiger partial charge is 0.462 e. The van der Waals surface area contributed by atoms with Gasteiger partial charge in [-0.2, -0.15) is 0 Å². The number of esters is 3. The zero-order chi connectivity index (χ0) is 45.8. The Kier molecular flexibility index (Phi) is 49.4. The summed E-state index contributed by atoms with van der Waals surface area (Å²) in [6.45, 7) is 6.53. The van der Waals surface area contributed by atoms with E-state index in [2.05, 4.69) is 57.2 Å². The van der Waals surface area contributed by atoms with Gasteiger partial charge < -0.3 is 14.2 Å². The molecular formula is C57H100O6. The number of rotatable bonds is 48. The molecule has 63 heavy (non-hydrogen) atoms. The van der Waals surface area contributed by atoms with Crippen molar-refractivity contribution in [2.45, 2.75) is 271 Å². The summed E-state index contributed by atoms with van der Waals surface area (Å²) in [5, 5.41) is 0. The number of allylic oxidation sites excluding steroid dienone is 10. The third-order valence-electron chi connectivity index (χ3n) is 11.6. The Morgan fingerprint density at radius 2 is 0.603 bits per heavy atom. The summed E-state index contributed by atoms with van der Waals surface area (Å²) in [6, 6.07) is 0. The molecule has 0 rings (SSSR count). The first kappa shape index (κ1) is 60.1. The highest BCUT2D eigenvalue weighted by atomic mass is 16.6. The summed E-state index contributed by atoms with van der Waals surface area (Å²) in [6.07, 6.45) is 63.5. The lowest BCUT2D eigenvalue weighted by Gasteiger charge is -2.18. The Labute approximate surface area is 390 Å². The first-order valence-corrected chi connectivity index (χ1v) is 26.9. The molecule has 0 saturated carbocycles. The lowest BCUT2D eigenvalue weighted by Crippen LogP contribution is -2.30. The zero-order valence-corrected chi connectivity index (χ0v) is 41.6. The van der Waals surface area contributed by atoms with E-state index in [0.29, 0.717) is 19.3 Å². The number of hydrogen-bond donors (Lipinski definition) is 0. The van der Waals surface area contributed by atoms with Crippen molar-refractivity contribution in [1.82, 2.24) is 0 Å². The van der Waals surface area contributed by atoms with Crippen LogP contribution in [0.25, 0.3) is 0 Å². The molecule has 0 amide bonds. The lowest BCUT2D eigenvalue weighted by atomic mass is 10.0. The van der Waals surface area contributed by atoms with E-state index in [9.17, 15) is 14.4 Å². The molecule has 0 bridgehead atoms. The van der Waals surface area contributed by atoms with E-state index in [0.717, 1.165) is 83.5 Å². The highest BCUT2D eigenvalue weighted by molar-refractivity contribution is 5.71. The minimum Gasteiger partial charge on any atom is -0.462 e. The van der Waals surface area contributed by atoms with Gasteiger partial charge in [0.15, 0.2) is 6.10 Å². The van der Waals surface area contributed by atoms with Crippen LogP contribution in [-0.2, 0) is 28.6 Å². The fourth-order valence-electron chi connectivity index (χ4n) is 7.59. The van der Waals surface area contributed by atoms with Crippen LogP contribution < -0.4 is 0 Å². The topological polar surface area (TPSA) is 78.9 Å². The predicted octanol–water partition coefficient (Wildman–Crippen LogP) is 17.6. The Hall–Kier alpha value is -2.89. The number of hydrogen-bond acceptors (Lipinski definition) is 6. The lowest BCUT2D eigenvalue weighted by molar-refractivity contribution is -0.167. The molecule has 0 aromatic rings. The number of ether oxygens (including phenoxy) is 3. The molecule has 0 radical (unpaired) electrons. The van der Waals surface area contributed by atoms with E-state index in [4.69, 9.17) is 14.2 Å². The number of carbonyl (C=O) groups is 3. The molecule has 0 aliphatic rings. The van der Waals surface area contributed by atoms with Crippen LogP contribution in [0.15, 0.2) is 60.8 Å². The Bertz CT molecular complexity index is 1150. The third-order valence-corrected chi connectivity index (χ3v) is 11.6. The molecule has 0 aliphatic carbocycles. The van der Waals surface area contributed by atoms with Gasteiger partial charge in [-0.3, -0.25) is 14.4 Å². The molecule has 6 nitrogen and oxygen atoms in total. The summed E-state index contributed by atoms with van der Waals surface area (Å²) in [5.41, 5.74) is 0. The highest BCUT2D eigenvalue weighted by Gasteiger charge is 2.19. The quantitative estimate of drug-likeness (QED) is 0.0262. The monoisotopic (exact) mass is 881 g/mol. The smallest absolute Gasteiger partial charge is 0.306 e. The molecule has 6 heteroatoms. The normalized spacial score (nSPS) is 12.5. The van der Waals surface area contributed by atoms with Gasteiger partial charge in [-0.1, -0.05) is 268 Å². The van der Waals surface area contributed by atoms with Crippen molar-refractivity contribution in [3.8, 4) is 0 Å². The first-order chi connectivity index (χ1) is 31.0. The molecule has 0 fully saturated rings. The van der Waals surface area contributed by atoms with E-state index < -0.39 is 6.10 Å². The van der Waals surface area contributed by atoms with Crippen LogP contribution in [0.5, 0.6) is 0 Å². The van der Waals surface area contributed by atoms with Crippen LogP contribution in [0.2, 0.25) is 0 Å². The molecule has 0 aromatic heterocycles. The molecular weight excluding hydrogens is 781 g/mol. The van der Waals surface area contributed by atoms with Crippen molar-refractivity contribution in [2.75, 3.05) is 13.2 Å².